The SMILES string of the molecule is CCc1nn(C)c(CC(N)C2CCc3ccccc32)c1Cl. The van der Waals surface area contributed by atoms with Gasteiger partial charge >= 0.3 is 0 Å². The molecule has 2 aromatic rings. The molecule has 1 aromatic heterocycles. The van der Waals surface area contributed by atoms with E-state index in [0.29, 0.717) is 5.92 Å². The third kappa shape index (κ3) is 2.60. The number of rotatable bonds is 4. The molecule has 1 heterocycles. The van der Waals surface area contributed by atoms with Crippen LogP contribution in [-0.4, -0.2) is 15.8 Å². The maximum Gasteiger partial charge on any atom is 0.0850 e. The molecule has 4 heteroatoms. The van der Waals surface area contributed by atoms with Crippen LogP contribution in [0, 0.1) is 0 Å². The van der Waals surface area contributed by atoms with Gasteiger partial charge in [-0.05, 0) is 36.3 Å². The molecule has 2 unspecified atom stereocenters. The second-order valence-corrected chi connectivity index (χ2v) is 6.27. The van der Waals surface area contributed by atoms with Gasteiger partial charge in [0.1, 0.15) is 0 Å². The molecule has 0 radical (unpaired) electrons. The van der Waals surface area contributed by atoms with Gasteiger partial charge in [0, 0.05) is 19.5 Å². The molecular formula is C17H22ClN3. The van der Waals surface area contributed by atoms with Crippen LogP contribution in [0.3, 0.4) is 0 Å². The maximum atomic E-state index is 6.51. The van der Waals surface area contributed by atoms with Gasteiger partial charge in [-0.1, -0.05) is 42.8 Å². The minimum atomic E-state index is 0.0891. The topological polar surface area (TPSA) is 43.8 Å². The number of fused-ring (bicyclic) bond motifs is 1. The summed E-state index contributed by atoms with van der Waals surface area (Å²) in [6, 6.07) is 8.74. The van der Waals surface area contributed by atoms with Crippen molar-refractivity contribution in [1.29, 1.82) is 0 Å². The predicted octanol–water partition coefficient (Wildman–Crippen LogP) is 3.24. The molecule has 0 fully saturated rings. The molecule has 3 rings (SSSR count). The molecule has 1 aliphatic carbocycles. The van der Waals surface area contributed by atoms with Gasteiger partial charge < -0.3 is 5.73 Å². The zero-order chi connectivity index (χ0) is 15.0. The Hall–Kier alpha value is -1.32. The van der Waals surface area contributed by atoms with E-state index in [1.54, 1.807) is 0 Å². The molecule has 0 spiro atoms. The summed E-state index contributed by atoms with van der Waals surface area (Å²) >= 11 is 6.44. The Morgan fingerprint density at radius 3 is 2.90 bits per heavy atom. The highest BCUT2D eigenvalue weighted by atomic mass is 35.5. The molecule has 3 nitrogen and oxygen atoms in total. The van der Waals surface area contributed by atoms with Gasteiger partial charge in [0.15, 0.2) is 0 Å². The van der Waals surface area contributed by atoms with Crippen molar-refractivity contribution in [2.24, 2.45) is 12.8 Å². The van der Waals surface area contributed by atoms with Gasteiger partial charge in [0.25, 0.3) is 0 Å². The van der Waals surface area contributed by atoms with Crippen LogP contribution in [0.25, 0.3) is 0 Å². The molecule has 112 valence electrons. The van der Waals surface area contributed by atoms with Crippen LogP contribution in [0.5, 0.6) is 0 Å². The van der Waals surface area contributed by atoms with Crippen molar-refractivity contribution in [2.45, 2.75) is 44.6 Å². The third-order valence-corrected chi connectivity index (χ3v) is 5.06. The van der Waals surface area contributed by atoms with Crippen LogP contribution in [0.1, 0.15) is 41.8 Å². The van der Waals surface area contributed by atoms with Crippen molar-refractivity contribution in [2.75, 3.05) is 0 Å². The fourth-order valence-electron chi connectivity index (χ4n) is 3.44. The Kier molecular flexibility index (Phi) is 4.05. The average molecular weight is 304 g/mol. The minimum absolute atomic E-state index is 0.0891. The van der Waals surface area contributed by atoms with E-state index < -0.39 is 0 Å². The Labute approximate surface area is 131 Å². The Bertz CT molecular complexity index is 647. The first-order valence-corrected chi connectivity index (χ1v) is 8.03. The van der Waals surface area contributed by atoms with Gasteiger partial charge in [0.05, 0.1) is 16.4 Å². The average Bonchev–Trinajstić information content (AvgIpc) is 3.03. The van der Waals surface area contributed by atoms with Gasteiger partial charge in [-0.2, -0.15) is 5.10 Å². The number of hydrogen-bond acceptors (Lipinski definition) is 2. The third-order valence-electron chi connectivity index (χ3n) is 4.63. The van der Waals surface area contributed by atoms with E-state index in [1.165, 1.54) is 11.1 Å². The second kappa shape index (κ2) is 5.82. The van der Waals surface area contributed by atoms with Crippen molar-refractivity contribution in [3.8, 4) is 0 Å². The Balaban J connectivity index is 1.82. The summed E-state index contributed by atoms with van der Waals surface area (Å²) in [5, 5.41) is 5.28. The molecule has 1 aliphatic rings. The summed E-state index contributed by atoms with van der Waals surface area (Å²) in [5.41, 5.74) is 11.4. The number of hydrogen-bond donors (Lipinski definition) is 1. The van der Waals surface area contributed by atoms with Crippen LogP contribution < -0.4 is 5.73 Å². The number of aryl methyl sites for hydroxylation is 3. The highest BCUT2D eigenvalue weighted by Gasteiger charge is 2.28. The molecule has 0 bridgehead atoms. The molecule has 1 aromatic carbocycles. The van der Waals surface area contributed by atoms with E-state index in [9.17, 15) is 0 Å². The lowest BCUT2D eigenvalue weighted by Gasteiger charge is -2.20. The Morgan fingerprint density at radius 2 is 2.19 bits per heavy atom. The smallest absolute Gasteiger partial charge is 0.0850 e. The van der Waals surface area contributed by atoms with Gasteiger partial charge in [-0.25, -0.2) is 0 Å². The molecule has 0 saturated heterocycles. The normalized spacial score (nSPS) is 18.8. The molecule has 0 amide bonds. The first-order valence-electron chi connectivity index (χ1n) is 7.65. The van der Waals surface area contributed by atoms with Crippen LogP contribution in [-0.2, 0) is 26.3 Å². The second-order valence-electron chi connectivity index (χ2n) is 5.90. The van der Waals surface area contributed by atoms with Crippen LogP contribution in [0.4, 0.5) is 0 Å². The largest absolute Gasteiger partial charge is 0.327 e. The quantitative estimate of drug-likeness (QED) is 0.942. The molecular weight excluding hydrogens is 282 g/mol. The van der Waals surface area contributed by atoms with E-state index in [2.05, 4.69) is 36.3 Å². The Morgan fingerprint density at radius 1 is 1.43 bits per heavy atom. The van der Waals surface area contributed by atoms with E-state index in [0.717, 1.165) is 42.1 Å². The standard InChI is InChI=1S/C17H22ClN3/c1-3-15-17(18)16(21(2)20-15)10-14(19)13-9-8-11-6-4-5-7-12(11)13/h4-7,13-14H,3,8-10,19H2,1-2H3. The van der Waals surface area contributed by atoms with Crippen molar-refractivity contribution in [3.05, 3.63) is 51.8 Å². The fourth-order valence-corrected chi connectivity index (χ4v) is 3.81. The van der Waals surface area contributed by atoms with Crippen LogP contribution in [0.2, 0.25) is 5.02 Å². The zero-order valence-corrected chi connectivity index (χ0v) is 13.4. The highest BCUT2D eigenvalue weighted by molar-refractivity contribution is 6.31. The first kappa shape index (κ1) is 14.6. The van der Waals surface area contributed by atoms with Crippen LogP contribution >= 0.6 is 11.6 Å². The van der Waals surface area contributed by atoms with Crippen molar-refractivity contribution >= 4 is 11.6 Å². The lowest BCUT2D eigenvalue weighted by atomic mass is 9.91. The van der Waals surface area contributed by atoms with Crippen molar-refractivity contribution in [3.63, 3.8) is 0 Å². The van der Waals surface area contributed by atoms with Crippen LogP contribution in [0.15, 0.2) is 24.3 Å². The number of halogens is 1. The van der Waals surface area contributed by atoms with Gasteiger partial charge in [-0.3, -0.25) is 4.68 Å². The number of nitrogens with zero attached hydrogens (tertiary/aromatic N) is 2. The monoisotopic (exact) mass is 303 g/mol. The molecule has 2 atom stereocenters. The summed E-state index contributed by atoms with van der Waals surface area (Å²) in [6.07, 6.45) is 3.90. The lowest BCUT2D eigenvalue weighted by Crippen LogP contribution is -2.30. The fraction of sp³-hybridized carbons (Fsp3) is 0.471. The van der Waals surface area contributed by atoms with Gasteiger partial charge in [-0.15, -0.1) is 0 Å². The summed E-state index contributed by atoms with van der Waals surface area (Å²) in [6.45, 7) is 2.07. The van der Waals surface area contributed by atoms with Crippen molar-refractivity contribution < 1.29 is 0 Å². The van der Waals surface area contributed by atoms with E-state index in [-0.39, 0.29) is 6.04 Å². The summed E-state index contributed by atoms with van der Waals surface area (Å²) < 4.78 is 1.89. The molecule has 21 heavy (non-hydrogen) atoms. The van der Waals surface area contributed by atoms with E-state index >= 15 is 0 Å². The highest BCUT2D eigenvalue weighted by Crippen LogP contribution is 2.36. The van der Waals surface area contributed by atoms with Crippen molar-refractivity contribution in [1.82, 2.24) is 9.78 Å². The zero-order valence-electron chi connectivity index (χ0n) is 12.6. The first-order chi connectivity index (χ1) is 10.1. The predicted molar refractivity (Wildman–Crippen MR) is 86.8 cm³/mol. The molecule has 0 aliphatic heterocycles. The summed E-state index contributed by atoms with van der Waals surface area (Å²) in [5.74, 6) is 0.428. The molecule has 0 saturated carbocycles. The molecule has 2 N–H and O–H groups in total. The number of aromatic nitrogens is 2. The minimum Gasteiger partial charge on any atom is -0.327 e. The van der Waals surface area contributed by atoms with Gasteiger partial charge in [0.2, 0.25) is 0 Å². The summed E-state index contributed by atoms with van der Waals surface area (Å²) in [4.78, 5) is 0. The number of nitrogens with two attached hydrogens (primary N) is 1. The maximum absolute atomic E-state index is 6.51. The lowest BCUT2D eigenvalue weighted by molar-refractivity contribution is 0.509. The summed E-state index contributed by atoms with van der Waals surface area (Å²) in [7, 11) is 1.95. The van der Waals surface area contributed by atoms with E-state index in [4.69, 9.17) is 17.3 Å². The number of benzene rings is 1. The van der Waals surface area contributed by atoms with E-state index in [1.807, 2.05) is 11.7 Å².